The van der Waals surface area contributed by atoms with Crippen LogP contribution in [0.25, 0.3) is 0 Å². The van der Waals surface area contributed by atoms with Gasteiger partial charge in [-0.1, -0.05) is 0 Å². The van der Waals surface area contributed by atoms with Gasteiger partial charge in [-0.05, 0) is 33.6 Å². The Morgan fingerprint density at radius 3 is 2.45 bits per heavy atom. The van der Waals surface area contributed by atoms with Gasteiger partial charge in [-0.25, -0.2) is 0 Å². The van der Waals surface area contributed by atoms with Crippen molar-refractivity contribution in [3.05, 3.63) is 0 Å². The Morgan fingerprint density at radius 2 is 1.95 bits per heavy atom. The SMILES string of the molecule is CCOC(=O)CN(C(=O)CN1CCC(N)CC1)C(C)C. The molecule has 0 atom stereocenters. The van der Waals surface area contributed by atoms with E-state index in [0.29, 0.717) is 13.2 Å². The highest BCUT2D eigenvalue weighted by molar-refractivity contribution is 5.83. The van der Waals surface area contributed by atoms with Gasteiger partial charge in [0.05, 0.1) is 13.2 Å². The first kappa shape index (κ1) is 16.9. The van der Waals surface area contributed by atoms with Gasteiger partial charge in [0.2, 0.25) is 5.91 Å². The molecule has 1 fully saturated rings. The van der Waals surface area contributed by atoms with Crippen LogP contribution in [0.2, 0.25) is 0 Å². The number of likely N-dealkylation sites (tertiary alicyclic amines) is 1. The molecule has 1 rings (SSSR count). The van der Waals surface area contributed by atoms with Crippen molar-refractivity contribution < 1.29 is 14.3 Å². The van der Waals surface area contributed by atoms with Crippen molar-refractivity contribution in [3.8, 4) is 0 Å². The summed E-state index contributed by atoms with van der Waals surface area (Å²) in [5.74, 6) is -0.376. The van der Waals surface area contributed by atoms with E-state index in [9.17, 15) is 9.59 Å². The summed E-state index contributed by atoms with van der Waals surface area (Å²) in [5, 5.41) is 0. The molecule has 6 heteroatoms. The van der Waals surface area contributed by atoms with E-state index in [1.165, 1.54) is 0 Å². The fourth-order valence-corrected chi connectivity index (χ4v) is 2.30. The molecule has 0 bridgehead atoms. The molecule has 1 aliphatic heterocycles. The zero-order valence-electron chi connectivity index (χ0n) is 12.8. The normalized spacial score (nSPS) is 17.2. The third-order valence-electron chi connectivity index (χ3n) is 3.54. The number of hydrogen-bond acceptors (Lipinski definition) is 5. The Labute approximate surface area is 121 Å². The number of carbonyl (C=O) groups is 2. The number of carbonyl (C=O) groups excluding carboxylic acids is 2. The fraction of sp³-hybridized carbons (Fsp3) is 0.857. The molecule has 1 aliphatic rings. The summed E-state index contributed by atoms with van der Waals surface area (Å²) in [6.45, 7) is 7.98. The Bertz CT molecular complexity index is 326. The van der Waals surface area contributed by atoms with Crippen LogP contribution in [0, 0.1) is 0 Å². The molecular weight excluding hydrogens is 258 g/mol. The molecule has 0 aromatic rings. The average Bonchev–Trinajstić information content (AvgIpc) is 2.38. The third-order valence-corrected chi connectivity index (χ3v) is 3.54. The Morgan fingerprint density at radius 1 is 1.35 bits per heavy atom. The van der Waals surface area contributed by atoms with Crippen molar-refractivity contribution in [3.63, 3.8) is 0 Å². The summed E-state index contributed by atoms with van der Waals surface area (Å²) in [5.41, 5.74) is 5.85. The first-order chi connectivity index (χ1) is 9.43. The highest BCUT2D eigenvalue weighted by Crippen LogP contribution is 2.09. The molecule has 20 heavy (non-hydrogen) atoms. The zero-order chi connectivity index (χ0) is 15.1. The molecule has 0 unspecified atom stereocenters. The number of esters is 1. The summed E-state index contributed by atoms with van der Waals surface area (Å²) in [4.78, 5) is 27.6. The van der Waals surface area contributed by atoms with Crippen LogP contribution < -0.4 is 5.73 Å². The number of amides is 1. The lowest BCUT2D eigenvalue weighted by atomic mass is 10.1. The highest BCUT2D eigenvalue weighted by atomic mass is 16.5. The van der Waals surface area contributed by atoms with Crippen LogP contribution in [0.5, 0.6) is 0 Å². The number of hydrogen-bond donors (Lipinski definition) is 1. The van der Waals surface area contributed by atoms with E-state index >= 15 is 0 Å². The number of rotatable bonds is 6. The van der Waals surface area contributed by atoms with Gasteiger partial charge in [0, 0.05) is 25.2 Å². The maximum Gasteiger partial charge on any atom is 0.325 e. The van der Waals surface area contributed by atoms with Crippen LogP contribution in [0.3, 0.4) is 0 Å². The van der Waals surface area contributed by atoms with Crippen molar-refractivity contribution in [2.45, 2.75) is 45.7 Å². The second kappa shape index (κ2) is 8.21. The number of piperidine rings is 1. The van der Waals surface area contributed by atoms with Crippen LogP contribution >= 0.6 is 0 Å². The molecule has 1 saturated heterocycles. The first-order valence-corrected chi connectivity index (χ1v) is 7.37. The van der Waals surface area contributed by atoms with E-state index in [2.05, 4.69) is 4.90 Å². The van der Waals surface area contributed by atoms with Gasteiger partial charge in [-0.3, -0.25) is 14.5 Å². The summed E-state index contributed by atoms with van der Waals surface area (Å²) in [6.07, 6.45) is 1.85. The van der Waals surface area contributed by atoms with E-state index in [1.807, 2.05) is 13.8 Å². The smallest absolute Gasteiger partial charge is 0.325 e. The van der Waals surface area contributed by atoms with Gasteiger partial charge in [-0.15, -0.1) is 0 Å². The Balaban J connectivity index is 2.49. The summed E-state index contributed by atoms with van der Waals surface area (Å²) < 4.78 is 4.91. The van der Waals surface area contributed by atoms with E-state index in [1.54, 1.807) is 11.8 Å². The summed E-state index contributed by atoms with van der Waals surface area (Å²) in [7, 11) is 0. The predicted octanol–water partition coefficient (Wildman–Crippen LogP) is 0.210. The van der Waals surface area contributed by atoms with Gasteiger partial charge in [0.25, 0.3) is 0 Å². The number of nitrogens with zero attached hydrogens (tertiary/aromatic N) is 2. The fourth-order valence-electron chi connectivity index (χ4n) is 2.30. The number of ether oxygens (including phenoxy) is 1. The van der Waals surface area contributed by atoms with Crippen molar-refractivity contribution in [2.24, 2.45) is 5.73 Å². The van der Waals surface area contributed by atoms with E-state index < -0.39 is 0 Å². The average molecular weight is 285 g/mol. The minimum Gasteiger partial charge on any atom is -0.465 e. The molecule has 6 nitrogen and oxygen atoms in total. The molecule has 1 heterocycles. The molecule has 0 aromatic heterocycles. The lowest BCUT2D eigenvalue weighted by Gasteiger charge is -2.32. The maximum absolute atomic E-state index is 12.3. The second-order valence-electron chi connectivity index (χ2n) is 5.53. The minimum atomic E-state index is -0.352. The number of nitrogens with two attached hydrogens (primary N) is 1. The second-order valence-corrected chi connectivity index (χ2v) is 5.53. The lowest BCUT2D eigenvalue weighted by Crippen LogP contribution is -2.49. The molecule has 0 aliphatic carbocycles. The summed E-state index contributed by atoms with van der Waals surface area (Å²) >= 11 is 0. The van der Waals surface area contributed by atoms with Crippen LogP contribution in [-0.2, 0) is 14.3 Å². The van der Waals surface area contributed by atoms with Gasteiger partial charge < -0.3 is 15.4 Å². The molecular formula is C14H27N3O3. The van der Waals surface area contributed by atoms with Crippen molar-refractivity contribution in [1.82, 2.24) is 9.80 Å². The highest BCUT2D eigenvalue weighted by Gasteiger charge is 2.24. The standard InChI is InChI=1S/C14H27N3O3/c1-4-20-14(19)10-17(11(2)3)13(18)9-16-7-5-12(15)6-8-16/h11-12H,4-10,15H2,1-3H3. The molecule has 116 valence electrons. The van der Waals surface area contributed by atoms with Crippen molar-refractivity contribution in [1.29, 1.82) is 0 Å². The Hall–Kier alpha value is -1.14. The quantitative estimate of drug-likeness (QED) is 0.706. The molecule has 0 aromatic carbocycles. The molecule has 2 N–H and O–H groups in total. The third kappa shape index (κ3) is 5.46. The molecule has 1 amide bonds. The first-order valence-electron chi connectivity index (χ1n) is 7.37. The van der Waals surface area contributed by atoms with Gasteiger partial charge >= 0.3 is 5.97 Å². The van der Waals surface area contributed by atoms with Crippen molar-refractivity contribution >= 4 is 11.9 Å². The van der Waals surface area contributed by atoms with E-state index in [4.69, 9.17) is 10.5 Å². The topological polar surface area (TPSA) is 75.9 Å². The Kier molecular flexibility index (Phi) is 6.95. The predicted molar refractivity (Wildman–Crippen MR) is 77.1 cm³/mol. The zero-order valence-corrected chi connectivity index (χ0v) is 12.8. The van der Waals surface area contributed by atoms with Crippen LogP contribution in [0.1, 0.15) is 33.6 Å². The van der Waals surface area contributed by atoms with Gasteiger partial charge in [-0.2, -0.15) is 0 Å². The van der Waals surface area contributed by atoms with Gasteiger partial charge in [0.1, 0.15) is 6.54 Å². The lowest BCUT2D eigenvalue weighted by molar-refractivity contribution is -0.150. The van der Waals surface area contributed by atoms with Crippen molar-refractivity contribution in [2.75, 3.05) is 32.8 Å². The summed E-state index contributed by atoms with van der Waals surface area (Å²) in [6, 6.07) is 0.237. The molecule has 0 spiro atoms. The van der Waals surface area contributed by atoms with Crippen LogP contribution in [0.15, 0.2) is 0 Å². The molecule has 0 radical (unpaired) electrons. The van der Waals surface area contributed by atoms with E-state index in [-0.39, 0.29) is 30.5 Å². The largest absolute Gasteiger partial charge is 0.465 e. The maximum atomic E-state index is 12.3. The van der Waals surface area contributed by atoms with Gasteiger partial charge in [0.15, 0.2) is 0 Å². The minimum absolute atomic E-state index is 0.0149. The monoisotopic (exact) mass is 285 g/mol. The van der Waals surface area contributed by atoms with E-state index in [0.717, 1.165) is 25.9 Å². The molecule has 0 saturated carbocycles. The van der Waals surface area contributed by atoms with Crippen LogP contribution in [0.4, 0.5) is 0 Å². The van der Waals surface area contributed by atoms with Crippen LogP contribution in [-0.4, -0.2) is 66.5 Å².